The molecule has 0 radical (unpaired) electrons. The molecule has 1 aliphatic heterocycles. The lowest BCUT2D eigenvalue weighted by molar-refractivity contribution is -0.137. The van der Waals surface area contributed by atoms with Gasteiger partial charge in [0, 0.05) is 32.1 Å². The van der Waals surface area contributed by atoms with Crippen molar-refractivity contribution in [2.45, 2.75) is 45.1 Å². The van der Waals surface area contributed by atoms with Crippen LogP contribution in [-0.4, -0.2) is 66.2 Å². The van der Waals surface area contributed by atoms with Crippen LogP contribution in [0.15, 0.2) is 0 Å². The Kier molecular flexibility index (Phi) is 7.36. The van der Waals surface area contributed by atoms with Crippen molar-refractivity contribution in [1.82, 2.24) is 15.1 Å². The van der Waals surface area contributed by atoms with E-state index in [1.54, 1.807) is 0 Å². The Morgan fingerprint density at radius 1 is 1.30 bits per heavy atom. The summed E-state index contributed by atoms with van der Waals surface area (Å²) in [5.74, 6) is -0.780. The van der Waals surface area contributed by atoms with E-state index in [1.165, 1.54) is 0 Å². The van der Waals surface area contributed by atoms with E-state index >= 15 is 0 Å². The molecular formula is C14H27N3O3. The van der Waals surface area contributed by atoms with Gasteiger partial charge in [-0.2, -0.15) is 0 Å². The third-order valence-electron chi connectivity index (χ3n) is 3.73. The quantitative estimate of drug-likeness (QED) is 0.723. The van der Waals surface area contributed by atoms with Crippen LogP contribution in [-0.2, 0) is 4.79 Å². The third kappa shape index (κ3) is 5.77. The molecule has 1 heterocycles. The summed E-state index contributed by atoms with van der Waals surface area (Å²) in [5, 5.41) is 11.5. The van der Waals surface area contributed by atoms with Crippen LogP contribution in [0.1, 0.15) is 39.0 Å². The molecule has 0 aromatic carbocycles. The van der Waals surface area contributed by atoms with Gasteiger partial charge in [0.2, 0.25) is 0 Å². The SMILES string of the molecule is CCC1CN(C)CCCN1C(=O)NCCCCC(=O)O. The van der Waals surface area contributed by atoms with Gasteiger partial charge in [0.05, 0.1) is 0 Å². The predicted molar refractivity (Wildman–Crippen MR) is 77.8 cm³/mol. The van der Waals surface area contributed by atoms with Crippen LogP contribution in [0.4, 0.5) is 4.79 Å². The Morgan fingerprint density at radius 3 is 2.70 bits per heavy atom. The van der Waals surface area contributed by atoms with Crippen LogP contribution in [0.2, 0.25) is 0 Å². The number of nitrogens with one attached hydrogen (secondary N) is 1. The zero-order valence-corrected chi connectivity index (χ0v) is 12.6. The highest BCUT2D eigenvalue weighted by molar-refractivity contribution is 5.74. The number of hydrogen-bond acceptors (Lipinski definition) is 3. The van der Waals surface area contributed by atoms with Gasteiger partial charge in [-0.15, -0.1) is 0 Å². The van der Waals surface area contributed by atoms with Gasteiger partial charge in [-0.3, -0.25) is 4.79 Å². The topological polar surface area (TPSA) is 72.9 Å². The first-order valence-electron chi connectivity index (χ1n) is 7.49. The number of nitrogens with zero attached hydrogens (tertiary/aromatic N) is 2. The average molecular weight is 285 g/mol. The van der Waals surface area contributed by atoms with E-state index < -0.39 is 5.97 Å². The summed E-state index contributed by atoms with van der Waals surface area (Å²) in [6.07, 6.45) is 3.44. The lowest BCUT2D eigenvalue weighted by atomic mass is 10.2. The van der Waals surface area contributed by atoms with Crippen LogP contribution >= 0.6 is 0 Å². The van der Waals surface area contributed by atoms with Crippen molar-refractivity contribution < 1.29 is 14.7 Å². The summed E-state index contributed by atoms with van der Waals surface area (Å²) < 4.78 is 0. The summed E-state index contributed by atoms with van der Waals surface area (Å²) in [7, 11) is 2.09. The van der Waals surface area contributed by atoms with E-state index in [0.29, 0.717) is 19.4 Å². The second kappa shape index (κ2) is 8.79. The van der Waals surface area contributed by atoms with Crippen molar-refractivity contribution in [2.24, 2.45) is 0 Å². The van der Waals surface area contributed by atoms with Crippen molar-refractivity contribution in [1.29, 1.82) is 0 Å². The minimum absolute atomic E-state index is 0.0116. The first kappa shape index (κ1) is 16.8. The first-order chi connectivity index (χ1) is 9.54. The van der Waals surface area contributed by atoms with Gasteiger partial charge in [-0.1, -0.05) is 6.92 Å². The summed E-state index contributed by atoms with van der Waals surface area (Å²) >= 11 is 0. The number of amides is 2. The summed E-state index contributed by atoms with van der Waals surface area (Å²) in [4.78, 5) is 26.8. The van der Waals surface area contributed by atoms with Crippen molar-refractivity contribution in [3.63, 3.8) is 0 Å². The Labute approximate surface area is 121 Å². The Bertz CT molecular complexity index is 323. The molecule has 1 fully saturated rings. The molecule has 0 aromatic heterocycles. The van der Waals surface area contributed by atoms with E-state index in [4.69, 9.17) is 5.11 Å². The number of urea groups is 1. The van der Waals surface area contributed by atoms with Crippen LogP contribution in [0.25, 0.3) is 0 Å². The number of aliphatic carboxylic acids is 1. The Hall–Kier alpha value is -1.30. The first-order valence-corrected chi connectivity index (χ1v) is 7.49. The molecule has 0 aliphatic carbocycles. The second-order valence-electron chi connectivity index (χ2n) is 5.45. The molecule has 0 spiro atoms. The molecule has 1 aliphatic rings. The van der Waals surface area contributed by atoms with Gasteiger partial charge in [0.25, 0.3) is 0 Å². The maximum Gasteiger partial charge on any atom is 0.317 e. The molecule has 0 bridgehead atoms. The maximum atomic E-state index is 12.2. The summed E-state index contributed by atoms with van der Waals surface area (Å²) in [5.41, 5.74) is 0. The molecule has 1 atom stereocenters. The van der Waals surface area contributed by atoms with Gasteiger partial charge >= 0.3 is 12.0 Å². The fourth-order valence-electron chi connectivity index (χ4n) is 2.56. The molecule has 6 nitrogen and oxygen atoms in total. The van der Waals surface area contributed by atoms with Crippen molar-refractivity contribution >= 4 is 12.0 Å². The van der Waals surface area contributed by atoms with Crippen LogP contribution in [0.5, 0.6) is 0 Å². The largest absolute Gasteiger partial charge is 0.481 e. The molecule has 2 N–H and O–H groups in total. The summed E-state index contributed by atoms with van der Waals surface area (Å²) in [6.45, 7) is 5.40. The van der Waals surface area contributed by atoms with Crippen molar-refractivity contribution in [3.8, 4) is 0 Å². The fraction of sp³-hybridized carbons (Fsp3) is 0.857. The van der Waals surface area contributed by atoms with Crippen LogP contribution < -0.4 is 5.32 Å². The number of carbonyl (C=O) groups is 2. The number of carbonyl (C=O) groups excluding carboxylic acids is 1. The molecule has 20 heavy (non-hydrogen) atoms. The maximum absolute atomic E-state index is 12.2. The Balaban J connectivity index is 2.34. The number of hydrogen-bond donors (Lipinski definition) is 2. The van der Waals surface area contributed by atoms with E-state index in [9.17, 15) is 9.59 Å². The molecule has 2 amide bonds. The molecule has 6 heteroatoms. The van der Waals surface area contributed by atoms with Gasteiger partial charge in [0.1, 0.15) is 0 Å². The van der Waals surface area contributed by atoms with Gasteiger partial charge in [0.15, 0.2) is 0 Å². The number of unbranched alkanes of at least 4 members (excludes halogenated alkanes) is 1. The third-order valence-corrected chi connectivity index (χ3v) is 3.73. The molecular weight excluding hydrogens is 258 g/mol. The minimum atomic E-state index is -0.780. The van der Waals surface area contributed by atoms with Crippen LogP contribution in [0.3, 0.4) is 0 Å². The standard InChI is InChI=1S/C14H27N3O3/c1-3-12-11-16(2)9-6-10-17(12)14(20)15-8-5-4-7-13(18)19/h12H,3-11H2,1-2H3,(H,15,20)(H,18,19). The van der Waals surface area contributed by atoms with Crippen molar-refractivity contribution in [3.05, 3.63) is 0 Å². The highest BCUT2D eigenvalue weighted by Crippen LogP contribution is 2.12. The normalized spacial score (nSPS) is 20.5. The van der Waals surface area contributed by atoms with Gasteiger partial charge < -0.3 is 20.2 Å². The monoisotopic (exact) mass is 285 g/mol. The molecule has 116 valence electrons. The average Bonchev–Trinajstić information content (AvgIpc) is 2.59. The smallest absolute Gasteiger partial charge is 0.317 e. The van der Waals surface area contributed by atoms with E-state index in [2.05, 4.69) is 24.2 Å². The lowest BCUT2D eigenvalue weighted by Gasteiger charge is -2.30. The molecule has 1 unspecified atom stereocenters. The number of carboxylic acid groups (broad SMARTS) is 1. The predicted octanol–water partition coefficient (Wildman–Crippen LogP) is 1.37. The number of carboxylic acids is 1. The van der Waals surface area contributed by atoms with E-state index in [-0.39, 0.29) is 18.5 Å². The molecule has 1 rings (SSSR count). The highest BCUT2D eigenvalue weighted by Gasteiger charge is 2.25. The Morgan fingerprint density at radius 2 is 2.05 bits per heavy atom. The van der Waals surface area contributed by atoms with Gasteiger partial charge in [-0.25, -0.2) is 4.79 Å². The van der Waals surface area contributed by atoms with Gasteiger partial charge in [-0.05, 0) is 39.3 Å². The van der Waals surface area contributed by atoms with E-state index in [0.717, 1.165) is 32.5 Å². The van der Waals surface area contributed by atoms with Crippen molar-refractivity contribution in [2.75, 3.05) is 33.2 Å². The van der Waals surface area contributed by atoms with E-state index in [1.807, 2.05) is 4.90 Å². The zero-order valence-electron chi connectivity index (χ0n) is 12.6. The molecule has 1 saturated heterocycles. The molecule has 0 aromatic rings. The number of rotatable bonds is 6. The highest BCUT2D eigenvalue weighted by atomic mass is 16.4. The van der Waals surface area contributed by atoms with Crippen LogP contribution in [0, 0.1) is 0 Å². The minimum Gasteiger partial charge on any atom is -0.481 e. The second-order valence-corrected chi connectivity index (χ2v) is 5.45. The fourth-order valence-corrected chi connectivity index (χ4v) is 2.56. The zero-order chi connectivity index (χ0) is 15.0. The molecule has 0 saturated carbocycles. The lowest BCUT2D eigenvalue weighted by Crippen LogP contribution is -2.48. The number of likely N-dealkylation sites (N-methyl/N-ethyl adjacent to an activating group) is 1. The summed E-state index contributed by atoms with van der Waals surface area (Å²) in [6, 6.07) is 0.254.